The van der Waals surface area contributed by atoms with Gasteiger partial charge in [-0.1, -0.05) is 30.2 Å². The van der Waals surface area contributed by atoms with Crippen LogP contribution >= 0.6 is 11.3 Å². The fourth-order valence-corrected chi connectivity index (χ4v) is 7.17. The van der Waals surface area contributed by atoms with E-state index in [1.54, 1.807) is 18.4 Å². The van der Waals surface area contributed by atoms with E-state index in [2.05, 4.69) is 65.0 Å². The number of thiazole rings is 1. The molecule has 5 rings (SSSR count). The molecule has 5 nitrogen and oxygen atoms in total. The predicted octanol–water partition coefficient (Wildman–Crippen LogP) is 7.36. The highest BCUT2D eigenvalue weighted by atomic mass is 32.1. The molecule has 1 aromatic heterocycles. The van der Waals surface area contributed by atoms with Crippen LogP contribution in [0.5, 0.6) is 5.75 Å². The number of aliphatic hydroxyl groups excluding tert-OH is 1. The van der Waals surface area contributed by atoms with Crippen molar-refractivity contribution in [1.82, 2.24) is 4.98 Å². The third kappa shape index (κ3) is 6.59. The SMILES string of the molecule is CC#Cc1ncc(-c2cccc(N(CC3CCC(c4ccc(OC)c(C)c4)CC3)C(=O)C3CCC(O)CC3)c2)s1. The lowest BCUT2D eigenvalue weighted by atomic mass is 9.78. The second-order valence-corrected chi connectivity index (χ2v) is 12.4. The van der Waals surface area contributed by atoms with Gasteiger partial charge < -0.3 is 14.7 Å². The summed E-state index contributed by atoms with van der Waals surface area (Å²) in [4.78, 5) is 21.6. The zero-order valence-corrected chi connectivity index (χ0v) is 24.7. The molecule has 0 aliphatic heterocycles. The third-order valence-corrected chi connectivity index (χ3v) is 9.63. The van der Waals surface area contributed by atoms with Crippen molar-refractivity contribution in [3.8, 4) is 28.0 Å². The number of aliphatic hydroxyl groups is 1. The Kier molecular flexibility index (Phi) is 9.24. The fourth-order valence-electron chi connectivity index (χ4n) is 6.36. The molecule has 1 amide bonds. The molecule has 0 radical (unpaired) electrons. The number of methoxy groups -OCH3 is 1. The van der Waals surface area contributed by atoms with Crippen molar-refractivity contribution in [2.75, 3.05) is 18.6 Å². The zero-order valence-electron chi connectivity index (χ0n) is 23.9. The van der Waals surface area contributed by atoms with E-state index in [0.717, 1.165) is 72.0 Å². The van der Waals surface area contributed by atoms with Crippen LogP contribution in [-0.2, 0) is 4.79 Å². The Bertz CT molecular complexity index is 1370. The van der Waals surface area contributed by atoms with Crippen LogP contribution in [0, 0.1) is 30.6 Å². The fraction of sp³-hybridized carbons (Fsp3) is 0.471. The zero-order chi connectivity index (χ0) is 28.1. The van der Waals surface area contributed by atoms with Gasteiger partial charge >= 0.3 is 0 Å². The first-order valence-corrected chi connectivity index (χ1v) is 15.4. The molecule has 210 valence electrons. The Morgan fingerprint density at radius 2 is 1.85 bits per heavy atom. The van der Waals surface area contributed by atoms with E-state index in [4.69, 9.17) is 4.74 Å². The molecule has 0 spiro atoms. The van der Waals surface area contributed by atoms with Crippen molar-refractivity contribution < 1.29 is 14.6 Å². The number of aromatic nitrogens is 1. The number of hydrogen-bond acceptors (Lipinski definition) is 5. The Morgan fingerprint density at radius 1 is 1.07 bits per heavy atom. The van der Waals surface area contributed by atoms with Crippen LogP contribution in [0.3, 0.4) is 0 Å². The molecule has 6 heteroatoms. The number of benzene rings is 2. The molecule has 3 aromatic rings. The van der Waals surface area contributed by atoms with Gasteiger partial charge in [0.25, 0.3) is 0 Å². The molecular formula is C34H40N2O3S. The van der Waals surface area contributed by atoms with Gasteiger partial charge in [0.2, 0.25) is 5.91 Å². The minimum absolute atomic E-state index is 0.0273. The second-order valence-electron chi connectivity index (χ2n) is 11.4. The lowest BCUT2D eigenvalue weighted by Crippen LogP contribution is -2.41. The van der Waals surface area contributed by atoms with Crippen LogP contribution in [0.4, 0.5) is 5.69 Å². The highest BCUT2D eigenvalue weighted by molar-refractivity contribution is 7.15. The first-order chi connectivity index (χ1) is 19.4. The molecule has 1 heterocycles. The van der Waals surface area contributed by atoms with E-state index >= 15 is 0 Å². The number of carbonyl (C=O) groups excluding carboxylic acids is 1. The maximum Gasteiger partial charge on any atom is 0.230 e. The topological polar surface area (TPSA) is 62.7 Å². The second kappa shape index (κ2) is 13.0. The monoisotopic (exact) mass is 556 g/mol. The number of hydrogen-bond donors (Lipinski definition) is 1. The van der Waals surface area contributed by atoms with E-state index in [1.165, 1.54) is 11.1 Å². The summed E-state index contributed by atoms with van der Waals surface area (Å²) >= 11 is 1.58. The summed E-state index contributed by atoms with van der Waals surface area (Å²) in [6, 6.07) is 14.9. The number of aryl methyl sites for hydroxylation is 1. The van der Waals surface area contributed by atoms with Crippen LogP contribution in [0.2, 0.25) is 0 Å². The molecule has 0 bridgehead atoms. The summed E-state index contributed by atoms with van der Waals surface area (Å²) < 4.78 is 5.46. The highest BCUT2D eigenvalue weighted by Gasteiger charge is 2.32. The number of nitrogens with zero attached hydrogens (tertiary/aromatic N) is 2. The quantitative estimate of drug-likeness (QED) is 0.309. The maximum absolute atomic E-state index is 14.0. The van der Waals surface area contributed by atoms with Gasteiger partial charge in [0.1, 0.15) is 5.75 Å². The van der Waals surface area contributed by atoms with Crippen molar-refractivity contribution in [2.45, 2.75) is 77.2 Å². The summed E-state index contributed by atoms with van der Waals surface area (Å²) in [5.41, 5.74) is 4.61. The average molecular weight is 557 g/mol. The Hall–Kier alpha value is -3.14. The van der Waals surface area contributed by atoms with Gasteiger partial charge in [0.15, 0.2) is 5.01 Å². The number of anilines is 1. The van der Waals surface area contributed by atoms with E-state index in [0.29, 0.717) is 24.7 Å². The molecule has 40 heavy (non-hydrogen) atoms. The van der Waals surface area contributed by atoms with Crippen LogP contribution in [0.15, 0.2) is 48.7 Å². The number of amides is 1. The molecule has 1 N–H and O–H groups in total. The van der Waals surface area contributed by atoms with Crippen LogP contribution in [-0.4, -0.2) is 35.8 Å². The molecule has 0 unspecified atom stereocenters. The lowest BCUT2D eigenvalue weighted by Gasteiger charge is -2.36. The number of rotatable bonds is 7. The van der Waals surface area contributed by atoms with E-state index in [9.17, 15) is 9.90 Å². The summed E-state index contributed by atoms with van der Waals surface area (Å²) in [5, 5.41) is 10.9. The molecule has 2 aliphatic rings. The van der Waals surface area contributed by atoms with Crippen LogP contribution < -0.4 is 9.64 Å². The van der Waals surface area contributed by atoms with Gasteiger partial charge in [0.05, 0.1) is 18.1 Å². The van der Waals surface area contributed by atoms with Crippen LogP contribution in [0.25, 0.3) is 10.4 Å². The first kappa shape index (κ1) is 28.4. The lowest BCUT2D eigenvalue weighted by molar-refractivity contribution is -0.124. The Labute approximate surface area is 242 Å². The van der Waals surface area contributed by atoms with E-state index in [-0.39, 0.29) is 17.9 Å². The summed E-state index contributed by atoms with van der Waals surface area (Å²) in [6.45, 7) is 4.67. The summed E-state index contributed by atoms with van der Waals surface area (Å²) in [6.07, 6.45) is 9.02. The van der Waals surface area contributed by atoms with Crippen molar-refractivity contribution >= 4 is 22.9 Å². The van der Waals surface area contributed by atoms with Gasteiger partial charge in [-0.25, -0.2) is 4.98 Å². The van der Waals surface area contributed by atoms with Crippen molar-refractivity contribution in [3.63, 3.8) is 0 Å². The largest absolute Gasteiger partial charge is 0.496 e. The molecule has 2 aromatic carbocycles. The van der Waals surface area contributed by atoms with Gasteiger partial charge in [-0.2, -0.15) is 0 Å². The molecule has 0 saturated heterocycles. The normalized spacial score (nSPS) is 22.7. The van der Waals surface area contributed by atoms with Gasteiger partial charge in [-0.05, 0) is 118 Å². The predicted molar refractivity (Wildman–Crippen MR) is 163 cm³/mol. The van der Waals surface area contributed by atoms with E-state index in [1.807, 2.05) is 19.2 Å². The summed E-state index contributed by atoms with van der Waals surface area (Å²) in [5.74, 6) is 8.11. The molecule has 2 aliphatic carbocycles. The maximum atomic E-state index is 14.0. The molecule has 2 fully saturated rings. The number of ether oxygens (including phenoxy) is 1. The average Bonchev–Trinajstić information content (AvgIpc) is 3.45. The summed E-state index contributed by atoms with van der Waals surface area (Å²) in [7, 11) is 1.72. The Balaban J connectivity index is 1.34. The minimum Gasteiger partial charge on any atom is -0.496 e. The van der Waals surface area contributed by atoms with Gasteiger partial charge in [0, 0.05) is 24.3 Å². The first-order valence-electron chi connectivity index (χ1n) is 14.6. The van der Waals surface area contributed by atoms with Gasteiger partial charge in [-0.15, -0.1) is 11.3 Å². The third-order valence-electron chi connectivity index (χ3n) is 8.67. The standard InChI is InChI=1S/C34H40N2O3S/c1-4-6-33-35-21-32(40-33)28-7-5-8-29(20-28)36(34(38)26-13-16-30(37)17-14-26)22-24-9-11-25(12-10-24)27-15-18-31(39-3)23(2)19-27/h5,7-8,15,18-21,24-26,30,37H,9-14,16-17,22H2,1-3H3. The molecule has 2 saturated carbocycles. The van der Waals surface area contributed by atoms with E-state index < -0.39 is 0 Å². The number of carbonyl (C=O) groups is 1. The Morgan fingerprint density at radius 3 is 2.55 bits per heavy atom. The highest BCUT2D eigenvalue weighted by Crippen LogP contribution is 2.39. The van der Waals surface area contributed by atoms with Crippen molar-refractivity contribution in [3.05, 3.63) is 64.8 Å². The van der Waals surface area contributed by atoms with Crippen molar-refractivity contribution in [2.24, 2.45) is 11.8 Å². The minimum atomic E-state index is -0.274. The molecular weight excluding hydrogens is 516 g/mol. The van der Waals surface area contributed by atoms with Crippen LogP contribution in [0.1, 0.15) is 80.3 Å². The smallest absolute Gasteiger partial charge is 0.230 e. The van der Waals surface area contributed by atoms with Crippen molar-refractivity contribution in [1.29, 1.82) is 0 Å². The molecule has 0 atom stereocenters. The van der Waals surface area contributed by atoms with Gasteiger partial charge in [-0.3, -0.25) is 4.79 Å².